The topological polar surface area (TPSA) is 81.2 Å². The van der Waals surface area contributed by atoms with Gasteiger partial charge in [0.25, 0.3) is 0 Å². The number of benzene rings is 3. The highest BCUT2D eigenvalue weighted by Gasteiger charge is 2.33. The molecule has 0 saturated carbocycles. The summed E-state index contributed by atoms with van der Waals surface area (Å²) in [4.78, 5) is 23.1. The van der Waals surface area contributed by atoms with Gasteiger partial charge in [0.2, 0.25) is 5.91 Å². The Morgan fingerprint density at radius 3 is 2.74 bits per heavy atom. The summed E-state index contributed by atoms with van der Waals surface area (Å²) < 4.78 is 0. The number of amides is 1. The maximum Gasteiger partial charge on any atom is 0.228 e. The number of hydrogen-bond donors (Lipinski definition) is 3. The van der Waals surface area contributed by atoms with E-state index in [1.54, 1.807) is 0 Å². The van der Waals surface area contributed by atoms with Gasteiger partial charge in [-0.25, -0.2) is 4.98 Å². The van der Waals surface area contributed by atoms with Crippen molar-refractivity contribution in [3.05, 3.63) is 89.1 Å². The normalized spacial score (nSPS) is 13.3. The van der Waals surface area contributed by atoms with E-state index in [1.165, 1.54) is 5.56 Å². The standard InChI is InChI=1S/C31H33ClN4O2/c1-31(2,15-7-17-37)30(38)36-16-14-24-22(20-36)10-6-11-27(24)34-23-12-13-26(32)25(18-23)29-33-19-28(35-29)21-8-4-3-5-9-21/h3-6,8-13,18-19,34,37H,7,14-17,20H2,1-2H3,(H,33,35). The van der Waals surface area contributed by atoms with Crippen LogP contribution in [0.5, 0.6) is 0 Å². The summed E-state index contributed by atoms with van der Waals surface area (Å²) in [6, 6.07) is 22.1. The lowest BCUT2D eigenvalue weighted by molar-refractivity contribution is -0.141. The number of rotatable bonds is 8. The minimum atomic E-state index is -0.484. The molecule has 4 aromatic rings. The lowest BCUT2D eigenvalue weighted by Crippen LogP contribution is -2.43. The van der Waals surface area contributed by atoms with Crippen LogP contribution in [-0.4, -0.2) is 39.0 Å². The Labute approximate surface area is 228 Å². The van der Waals surface area contributed by atoms with Crippen molar-refractivity contribution in [3.63, 3.8) is 0 Å². The third kappa shape index (κ3) is 5.47. The van der Waals surface area contributed by atoms with E-state index in [9.17, 15) is 9.90 Å². The van der Waals surface area contributed by atoms with E-state index in [4.69, 9.17) is 11.6 Å². The van der Waals surface area contributed by atoms with Crippen molar-refractivity contribution in [3.8, 4) is 22.6 Å². The second-order valence-electron chi connectivity index (χ2n) is 10.5. The second kappa shape index (κ2) is 11.0. The first-order valence-corrected chi connectivity index (χ1v) is 13.4. The van der Waals surface area contributed by atoms with Crippen LogP contribution in [-0.2, 0) is 17.8 Å². The largest absolute Gasteiger partial charge is 0.396 e. The lowest BCUT2D eigenvalue weighted by Gasteiger charge is -2.36. The molecule has 1 amide bonds. The minimum absolute atomic E-state index is 0.106. The Morgan fingerprint density at radius 1 is 1.13 bits per heavy atom. The number of halogens is 1. The summed E-state index contributed by atoms with van der Waals surface area (Å²) in [7, 11) is 0. The van der Waals surface area contributed by atoms with E-state index in [2.05, 4.69) is 27.4 Å². The fraction of sp³-hybridized carbons (Fsp3) is 0.290. The number of aromatic nitrogens is 2. The lowest BCUT2D eigenvalue weighted by atomic mass is 9.85. The molecule has 0 bridgehead atoms. The van der Waals surface area contributed by atoms with Crippen molar-refractivity contribution >= 4 is 28.9 Å². The number of aliphatic hydroxyl groups excluding tert-OH is 1. The molecule has 0 saturated heterocycles. The summed E-state index contributed by atoms with van der Waals surface area (Å²) in [6.07, 6.45) is 3.91. The first-order valence-electron chi connectivity index (χ1n) is 13.0. The Balaban J connectivity index is 1.35. The van der Waals surface area contributed by atoms with Crippen molar-refractivity contribution in [1.29, 1.82) is 0 Å². The van der Waals surface area contributed by atoms with Crippen molar-refractivity contribution in [2.45, 2.75) is 39.7 Å². The predicted octanol–water partition coefficient (Wildman–Crippen LogP) is 6.82. The third-order valence-electron chi connectivity index (χ3n) is 7.25. The Morgan fingerprint density at radius 2 is 1.95 bits per heavy atom. The van der Waals surface area contributed by atoms with E-state index in [0.717, 1.165) is 40.2 Å². The number of imidazole rings is 1. The van der Waals surface area contributed by atoms with Gasteiger partial charge in [0.05, 0.1) is 16.9 Å². The first-order chi connectivity index (χ1) is 18.4. The van der Waals surface area contributed by atoms with Gasteiger partial charge in [-0.15, -0.1) is 0 Å². The quantitative estimate of drug-likeness (QED) is 0.234. The van der Waals surface area contributed by atoms with Crippen LogP contribution >= 0.6 is 11.6 Å². The molecule has 0 spiro atoms. The molecule has 0 aliphatic carbocycles. The molecule has 3 aromatic carbocycles. The molecule has 7 heteroatoms. The van der Waals surface area contributed by atoms with Crippen LogP contribution in [0.2, 0.25) is 5.02 Å². The molecule has 0 atom stereocenters. The van der Waals surface area contributed by atoms with Gasteiger partial charge < -0.3 is 20.3 Å². The number of nitrogens with one attached hydrogen (secondary N) is 2. The number of fused-ring (bicyclic) bond motifs is 1. The highest BCUT2D eigenvalue weighted by molar-refractivity contribution is 6.33. The number of carbonyl (C=O) groups excluding carboxylic acids is 1. The molecule has 0 radical (unpaired) electrons. The van der Waals surface area contributed by atoms with E-state index >= 15 is 0 Å². The number of anilines is 2. The van der Waals surface area contributed by atoms with Gasteiger partial charge in [0, 0.05) is 42.0 Å². The fourth-order valence-corrected chi connectivity index (χ4v) is 5.33. The summed E-state index contributed by atoms with van der Waals surface area (Å²) >= 11 is 6.58. The highest BCUT2D eigenvalue weighted by Crippen LogP contribution is 2.35. The maximum atomic E-state index is 13.2. The van der Waals surface area contributed by atoms with E-state index in [-0.39, 0.29) is 12.5 Å². The van der Waals surface area contributed by atoms with Crippen LogP contribution in [0.25, 0.3) is 22.6 Å². The van der Waals surface area contributed by atoms with Crippen molar-refractivity contribution in [2.24, 2.45) is 5.41 Å². The molecule has 2 heterocycles. The fourth-order valence-electron chi connectivity index (χ4n) is 5.12. The van der Waals surface area contributed by atoms with Gasteiger partial charge in [-0.1, -0.05) is 67.9 Å². The van der Waals surface area contributed by atoms with Crippen LogP contribution < -0.4 is 5.32 Å². The van der Waals surface area contributed by atoms with Crippen LogP contribution in [0.4, 0.5) is 11.4 Å². The molecule has 1 aliphatic rings. The number of H-pyrrole nitrogens is 1. The molecular formula is C31H33ClN4O2. The third-order valence-corrected chi connectivity index (χ3v) is 7.58. The van der Waals surface area contributed by atoms with Crippen molar-refractivity contribution < 1.29 is 9.90 Å². The molecule has 1 aromatic heterocycles. The zero-order chi connectivity index (χ0) is 26.7. The summed E-state index contributed by atoms with van der Waals surface area (Å²) in [5.74, 6) is 0.858. The number of aliphatic hydroxyl groups is 1. The van der Waals surface area contributed by atoms with Crippen molar-refractivity contribution in [2.75, 3.05) is 18.5 Å². The average Bonchev–Trinajstić information content (AvgIpc) is 3.43. The second-order valence-corrected chi connectivity index (χ2v) is 10.9. The molecule has 5 rings (SSSR count). The van der Waals surface area contributed by atoms with Crippen LogP contribution in [0, 0.1) is 5.41 Å². The van der Waals surface area contributed by atoms with Crippen LogP contribution in [0.1, 0.15) is 37.8 Å². The van der Waals surface area contributed by atoms with Gasteiger partial charge in [0.15, 0.2) is 0 Å². The molecule has 3 N–H and O–H groups in total. The molecule has 1 aliphatic heterocycles. The van der Waals surface area contributed by atoms with Gasteiger partial charge in [0.1, 0.15) is 5.82 Å². The van der Waals surface area contributed by atoms with Crippen LogP contribution in [0.15, 0.2) is 72.9 Å². The van der Waals surface area contributed by atoms with Gasteiger partial charge >= 0.3 is 0 Å². The smallest absolute Gasteiger partial charge is 0.228 e. The summed E-state index contributed by atoms with van der Waals surface area (Å²) in [5.41, 5.74) is 6.67. The van der Waals surface area contributed by atoms with Crippen molar-refractivity contribution in [1.82, 2.24) is 14.9 Å². The molecular weight excluding hydrogens is 496 g/mol. The van der Waals surface area contributed by atoms with Gasteiger partial charge in [-0.3, -0.25) is 4.79 Å². The SMILES string of the molecule is CC(C)(CCCO)C(=O)N1CCc2c(cccc2Nc2ccc(Cl)c(-c3ncc(-c4ccccc4)[nH]3)c2)C1. The minimum Gasteiger partial charge on any atom is -0.396 e. The maximum absolute atomic E-state index is 13.2. The van der Waals surface area contributed by atoms with E-state index in [0.29, 0.717) is 36.8 Å². The number of hydrogen-bond acceptors (Lipinski definition) is 4. The molecule has 38 heavy (non-hydrogen) atoms. The Kier molecular flexibility index (Phi) is 7.54. The molecule has 6 nitrogen and oxygen atoms in total. The van der Waals surface area contributed by atoms with E-state index < -0.39 is 5.41 Å². The Bertz CT molecular complexity index is 1430. The Hall–Kier alpha value is -3.61. The highest BCUT2D eigenvalue weighted by atomic mass is 35.5. The zero-order valence-corrected chi connectivity index (χ0v) is 22.6. The van der Waals surface area contributed by atoms with Crippen LogP contribution in [0.3, 0.4) is 0 Å². The van der Waals surface area contributed by atoms with Gasteiger partial charge in [-0.2, -0.15) is 0 Å². The predicted molar refractivity (Wildman–Crippen MR) is 153 cm³/mol. The number of aromatic amines is 1. The number of carbonyl (C=O) groups is 1. The number of nitrogens with zero attached hydrogens (tertiary/aromatic N) is 2. The molecule has 196 valence electrons. The monoisotopic (exact) mass is 528 g/mol. The molecule has 0 fully saturated rings. The summed E-state index contributed by atoms with van der Waals surface area (Å²) in [6.45, 7) is 5.31. The molecule has 0 unspecified atom stereocenters. The van der Waals surface area contributed by atoms with E-state index in [1.807, 2.05) is 79.5 Å². The average molecular weight is 529 g/mol. The zero-order valence-electron chi connectivity index (χ0n) is 21.8. The summed E-state index contributed by atoms with van der Waals surface area (Å²) in [5, 5.41) is 13.4. The first kappa shape index (κ1) is 26.0. The van der Waals surface area contributed by atoms with Gasteiger partial charge in [-0.05, 0) is 60.2 Å².